The molecule has 0 fully saturated rings. The number of hydrogen-bond donors (Lipinski definition) is 4. The molecule has 3 aromatic carbocycles. The summed E-state index contributed by atoms with van der Waals surface area (Å²) in [6.45, 7) is 6.95. The molecule has 224 valence electrons. The summed E-state index contributed by atoms with van der Waals surface area (Å²) in [6.07, 6.45) is 2.14. The number of amides is 3. The molecule has 3 amide bonds. The lowest BCUT2D eigenvalue weighted by atomic mass is 10.0. The molecule has 0 aliphatic heterocycles. The number of aromatic hydroxyl groups is 1. The fourth-order valence-corrected chi connectivity index (χ4v) is 4.59. The SMILES string of the molecule is CC(C)CCN(CCc1ccccc1)C(=O)[C@H](Cc1ccccc1)NC(=O)[C@@H](C)NC(=O)[C@@H](N)Cc1ccc(O)cc1. The lowest BCUT2D eigenvalue weighted by molar-refractivity contribution is -0.137. The molecule has 0 aliphatic carbocycles. The van der Waals surface area contributed by atoms with E-state index in [1.165, 1.54) is 12.1 Å². The van der Waals surface area contributed by atoms with Gasteiger partial charge in [-0.2, -0.15) is 0 Å². The molecular formula is C34H44N4O4. The van der Waals surface area contributed by atoms with Gasteiger partial charge in [0, 0.05) is 19.5 Å². The van der Waals surface area contributed by atoms with Crippen molar-refractivity contribution in [2.75, 3.05) is 13.1 Å². The maximum atomic E-state index is 14.0. The Morgan fingerprint density at radius 1 is 0.738 bits per heavy atom. The van der Waals surface area contributed by atoms with Gasteiger partial charge < -0.3 is 26.4 Å². The van der Waals surface area contributed by atoms with Crippen LogP contribution in [-0.2, 0) is 33.6 Å². The number of benzene rings is 3. The molecule has 0 saturated heterocycles. The van der Waals surface area contributed by atoms with Gasteiger partial charge in [-0.05, 0) is 60.9 Å². The van der Waals surface area contributed by atoms with E-state index in [0.717, 1.165) is 23.1 Å². The molecule has 0 unspecified atom stereocenters. The van der Waals surface area contributed by atoms with Crippen LogP contribution in [0.1, 0.15) is 43.9 Å². The Kier molecular flexibility index (Phi) is 12.6. The molecule has 0 aliphatic rings. The molecule has 3 aromatic rings. The molecule has 8 nitrogen and oxygen atoms in total. The van der Waals surface area contributed by atoms with Crippen molar-refractivity contribution < 1.29 is 19.5 Å². The summed E-state index contributed by atoms with van der Waals surface area (Å²) in [6, 6.07) is 23.5. The van der Waals surface area contributed by atoms with E-state index in [9.17, 15) is 19.5 Å². The average molecular weight is 573 g/mol. The van der Waals surface area contributed by atoms with Gasteiger partial charge in [0.2, 0.25) is 17.7 Å². The van der Waals surface area contributed by atoms with Crippen LogP contribution in [0.2, 0.25) is 0 Å². The van der Waals surface area contributed by atoms with Crippen molar-refractivity contribution >= 4 is 17.7 Å². The van der Waals surface area contributed by atoms with Crippen molar-refractivity contribution in [2.45, 2.75) is 64.6 Å². The summed E-state index contributed by atoms with van der Waals surface area (Å²) in [5.41, 5.74) is 8.96. The van der Waals surface area contributed by atoms with E-state index in [1.54, 1.807) is 19.1 Å². The molecule has 5 N–H and O–H groups in total. The minimum atomic E-state index is -0.900. The zero-order chi connectivity index (χ0) is 30.5. The molecule has 0 heterocycles. The van der Waals surface area contributed by atoms with E-state index < -0.39 is 29.9 Å². The first-order valence-corrected chi connectivity index (χ1v) is 14.6. The Balaban J connectivity index is 1.70. The second-order valence-corrected chi connectivity index (χ2v) is 11.2. The van der Waals surface area contributed by atoms with E-state index in [4.69, 9.17) is 5.73 Å². The first kappa shape index (κ1) is 32.3. The molecule has 0 saturated carbocycles. The zero-order valence-electron chi connectivity index (χ0n) is 24.8. The van der Waals surface area contributed by atoms with Crippen LogP contribution >= 0.6 is 0 Å². The topological polar surface area (TPSA) is 125 Å². The number of carbonyl (C=O) groups excluding carboxylic acids is 3. The number of hydrogen-bond acceptors (Lipinski definition) is 5. The summed E-state index contributed by atoms with van der Waals surface area (Å²) in [5.74, 6) is -0.532. The van der Waals surface area contributed by atoms with Crippen molar-refractivity contribution in [3.8, 4) is 5.75 Å². The summed E-state index contributed by atoms with van der Waals surface area (Å²) in [7, 11) is 0. The Morgan fingerprint density at radius 2 is 1.31 bits per heavy atom. The third-order valence-electron chi connectivity index (χ3n) is 7.18. The van der Waals surface area contributed by atoms with Gasteiger partial charge in [0.05, 0.1) is 6.04 Å². The highest BCUT2D eigenvalue weighted by molar-refractivity contribution is 5.93. The highest BCUT2D eigenvalue weighted by Crippen LogP contribution is 2.13. The number of nitrogens with zero attached hydrogens (tertiary/aromatic N) is 1. The second kappa shape index (κ2) is 16.3. The van der Waals surface area contributed by atoms with Gasteiger partial charge in [0.25, 0.3) is 0 Å². The van der Waals surface area contributed by atoms with Crippen molar-refractivity contribution in [1.82, 2.24) is 15.5 Å². The van der Waals surface area contributed by atoms with Gasteiger partial charge in [-0.15, -0.1) is 0 Å². The van der Waals surface area contributed by atoms with Gasteiger partial charge >= 0.3 is 0 Å². The third kappa shape index (κ3) is 10.7. The van der Waals surface area contributed by atoms with Crippen LogP contribution in [0.4, 0.5) is 0 Å². The lowest BCUT2D eigenvalue weighted by Crippen LogP contribution is -2.56. The number of phenols is 1. The third-order valence-corrected chi connectivity index (χ3v) is 7.18. The van der Waals surface area contributed by atoms with Crippen LogP contribution in [0, 0.1) is 5.92 Å². The van der Waals surface area contributed by atoms with Gasteiger partial charge in [-0.25, -0.2) is 0 Å². The van der Waals surface area contributed by atoms with Crippen molar-refractivity contribution in [3.05, 3.63) is 102 Å². The number of phenolic OH excluding ortho intramolecular Hbond substituents is 1. The highest BCUT2D eigenvalue weighted by Gasteiger charge is 2.29. The minimum Gasteiger partial charge on any atom is -0.508 e. The van der Waals surface area contributed by atoms with E-state index >= 15 is 0 Å². The predicted octanol–water partition coefficient (Wildman–Crippen LogP) is 3.61. The fourth-order valence-electron chi connectivity index (χ4n) is 4.59. The highest BCUT2D eigenvalue weighted by atomic mass is 16.3. The van der Waals surface area contributed by atoms with Gasteiger partial charge in [0.1, 0.15) is 17.8 Å². The second-order valence-electron chi connectivity index (χ2n) is 11.2. The van der Waals surface area contributed by atoms with Crippen LogP contribution in [0.15, 0.2) is 84.9 Å². The van der Waals surface area contributed by atoms with Crippen molar-refractivity contribution in [1.29, 1.82) is 0 Å². The predicted molar refractivity (Wildman–Crippen MR) is 166 cm³/mol. The standard InChI is InChI=1S/C34H44N4O4/c1-24(2)18-20-38(21-19-26-10-6-4-7-11-26)34(42)31(23-27-12-8-5-9-13-27)37-32(40)25(3)36-33(41)30(35)22-28-14-16-29(39)17-15-28/h4-17,24-25,30-31,39H,18-23,35H2,1-3H3,(H,36,41)(H,37,40)/t25-,30+,31+/m1/s1. The number of nitrogens with one attached hydrogen (secondary N) is 2. The van der Waals surface area contributed by atoms with Crippen LogP contribution in [0.3, 0.4) is 0 Å². The first-order chi connectivity index (χ1) is 20.1. The summed E-state index contributed by atoms with van der Waals surface area (Å²) in [5, 5.41) is 15.1. The van der Waals surface area contributed by atoms with E-state index in [0.29, 0.717) is 31.8 Å². The number of nitrogens with two attached hydrogens (primary N) is 1. The maximum absolute atomic E-state index is 14.0. The van der Waals surface area contributed by atoms with E-state index in [2.05, 4.69) is 24.5 Å². The van der Waals surface area contributed by atoms with Crippen LogP contribution in [-0.4, -0.2) is 58.9 Å². The molecule has 0 bridgehead atoms. The molecule has 42 heavy (non-hydrogen) atoms. The summed E-state index contributed by atoms with van der Waals surface area (Å²) < 4.78 is 0. The Bertz CT molecular complexity index is 1270. The Morgan fingerprint density at radius 3 is 1.90 bits per heavy atom. The van der Waals surface area contributed by atoms with Gasteiger partial charge in [-0.1, -0.05) is 86.6 Å². The molecule has 3 atom stereocenters. The summed E-state index contributed by atoms with van der Waals surface area (Å²) in [4.78, 5) is 41.9. The average Bonchev–Trinajstić information content (AvgIpc) is 2.98. The van der Waals surface area contributed by atoms with Gasteiger partial charge in [0.15, 0.2) is 0 Å². The molecule has 3 rings (SSSR count). The Hall–Kier alpha value is -4.17. The summed E-state index contributed by atoms with van der Waals surface area (Å²) >= 11 is 0. The van der Waals surface area contributed by atoms with E-state index in [1.807, 2.05) is 65.6 Å². The minimum absolute atomic E-state index is 0.129. The first-order valence-electron chi connectivity index (χ1n) is 14.6. The quantitative estimate of drug-likeness (QED) is 0.222. The number of carbonyl (C=O) groups is 3. The molecule has 0 spiro atoms. The van der Waals surface area contributed by atoms with Crippen LogP contribution in [0.5, 0.6) is 5.75 Å². The van der Waals surface area contributed by atoms with Crippen LogP contribution in [0.25, 0.3) is 0 Å². The van der Waals surface area contributed by atoms with Crippen molar-refractivity contribution in [2.24, 2.45) is 11.7 Å². The monoisotopic (exact) mass is 572 g/mol. The molecule has 0 radical (unpaired) electrons. The zero-order valence-corrected chi connectivity index (χ0v) is 24.8. The normalized spacial score (nSPS) is 13.2. The maximum Gasteiger partial charge on any atom is 0.245 e. The molecular weight excluding hydrogens is 528 g/mol. The Labute approximate surface area is 249 Å². The van der Waals surface area contributed by atoms with E-state index in [-0.39, 0.29) is 18.1 Å². The number of rotatable bonds is 15. The fraction of sp³-hybridized carbons (Fsp3) is 0.382. The smallest absolute Gasteiger partial charge is 0.245 e. The molecule has 8 heteroatoms. The van der Waals surface area contributed by atoms with Gasteiger partial charge in [-0.3, -0.25) is 14.4 Å². The van der Waals surface area contributed by atoms with Crippen molar-refractivity contribution in [3.63, 3.8) is 0 Å². The van der Waals surface area contributed by atoms with Crippen LogP contribution < -0.4 is 16.4 Å². The molecule has 0 aromatic heterocycles. The lowest BCUT2D eigenvalue weighted by Gasteiger charge is -2.30. The largest absolute Gasteiger partial charge is 0.508 e.